The Morgan fingerprint density at radius 2 is 2.04 bits per heavy atom. The molecule has 0 amide bonds. The van der Waals surface area contributed by atoms with Gasteiger partial charge in [0.2, 0.25) is 0 Å². The second-order valence-electron chi connectivity index (χ2n) is 6.77. The molecule has 1 aromatic carbocycles. The van der Waals surface area contributed by atoms with Gasteiger partial charge in [0.05, 0.1) is 30.4 Å². The van der Waals surface area contributed by atoms with Crippen LogP contribution in [0.2, 0.25) is 0 Å². The molecule has 0 aliphatic carbocycles. The van der Waals surface area contributed by atoms with E-state index >= 15 is 0 Å². The van der Waals surface area contributed by atoms with E-state index in [1.807, 2.05) is 12.1 Å². The van der Waals surface area contributed by atoms with E-state index in [-0.39, 0.29) is 11.4 Å². The number of piperidine rings is 1. The number of pyridine rings is 1. The van der Waals surface area contributed by atoms with Gasteiger partial charge in [0.25, 0.3) is 0 Å². The quantitative estimate of drug-likeness (QED) is 0.837. The van der Waals surface area contributed by atoms with Gasteiger partial charge in [-0.3, -0.25) is 9.78 Å². The normalized spacial score (nSPS) is 18.1. The second kappa shape index (κ2) is 6.53. The number of benzene rings is 1. The van der Waals surface area contributed by atoms with Gasteiger partial charge in [-0.25, -0.2) is 4.79 Å². The molecular weight excluding hydrogens is 332 g/mol. The van der Waals surface area contributed by atoms with Gasteiger partial charge in [0.1, 0.15) is 11.4 Å². The highest BCUT2D eigenvalue weighted by Gasteiger charge is 2.41. The van der Waals surface area contributed by atoms with E-state index in [0.29, 0.717) is 29.0 Å². The van der Waals surface area contributed by atoms with Crippen LogP contribution in [0.5, 0.6) is 5.75 Å². The van der Waals surface area contributed by atoms with Gasteiger partial charge in [0.15, 0.2) is 5.78 Å². The monoisotopic (exact) mass is 352 g/mol. The Balaban J connectivity index is 1.67. The molecule has 2 aliphatic heterocycles. The van der Waals surface area contributed by atoms with Crippen LogP contribution in [0.25, 0.3) is 11.3 Å². The van der Waals surface area contributed by atoms with E-state index < -0.39 is 5.97 Å². The summed E-state index contributed by atoms with van der Waals surface area (Å²) in [5.74, 6) is 0.314. The fourth-order valence-electron chi connectivity index (χ4n) is 3.65. The summed E-state index contributed by atoms with van der Waals surface area (Å²) < 4.78 is 11.0. The van der Waals surface area contributed by atoms with Crippen molar-refractivity contribution in [2.75, 3.05) is 20.2 Å². The Morgan fingerprint density at radius 3 is 2.81 bits per heavy atom. The summed E-state index contributed by atoms with van der Waals surface area (Å²) in [6.45, 7) is 1.73. The van der Waals surface area contributed by atoms with Crippen molar-refractivity contribution < 1.29 is 19.1 Å². The number of methoxy groups -OCH3 is 1. The topological polar surface area (TPSA) is 77.5 Å². The molecule has 134 valence electrons. The maximum atomic E-state index is 12.8. The van der Waals surface area contributed by atoms with E-state index in [1.54, 1.807) is 24.4 Å². The van der Waals surface area contributed by atoms with Crippen LogP contribution in [-0.2, 0) is 4.74 Å². The number of nitrogens with zero attached hydrogens (tertiary/aromatic N) is 1. The van der Waals surface area contributed by atoms with Crippen LogP contribution < -0.4 is 10.1 Å². The smallest absolute Gasteiger partial charge is 0.337 e. The molecule has 0 bridgehead atoms. The highest BCUT2D eigenvalue weighted by atomic mass is 16.5. The van der Waals surface area contributed by atoms with Crippen molar-refractivity contribution in [2.24, 2.45) is 0 Å². The third-order valence-electron chi connectivity index (χ3n) is 5.08. The molecule has 1 fully saturated rings. The lowest BCUT2D eigenvalue weighted by molar-refractivity contribution is 0.0187. The van der Waals surface area contributed by atoms with Gasteiger partial charge < -0.3 is 14.8 Å². The van der Waals surface area contributed by atoms with Gasteiger partial charge in [0, 0.05) is 24.6 Å². The molecule has 0 saturated carbocycles. The van der Waals surface area contributed by atoms with E-state index in [0.717, 1.165) is 31.5 Å². The van der Waals surface area contributed by atoms with Crippen LogP contribution in [0, 0.1) is 0 Å². The first-order valence-electron chi connectivity index (χ1n) is 8.72. The number of nitrogens with one attached hydrogen (secondary N) is 1. The van der Waals surface area contributed by atoms with Crippen LogP contribution in [0.4, 0.5) is 0 Å². The minimum absolute atomic E-state index is 0.0964. The predicted molar refractivity (Wildman–Crippen MR) is 95.4 cm³/mol. The molecule has 6 nitrogen and oxygen atoms in total. The first-order chi connectivity index (χ1) is 12.6. The molecule has 1 N–H and O–H groups in total. The highest BCUT2D eigenvalue weighted by Crippen LogP contribution is 2.39. The zero-order valence-electron chi connectivity index (χ0n) is 14.6. The zero-order chi connectivity index (χ0) is 18.1. The van der Waals surface area contributed by atoms with Crippen molar-refractivity contribution in [3.05, 3.63) is 47.7 Å². The summed E-state index contributed by atoms with van der Waals surface area (Å²) in [4.78, 5) is 28.8. The number of aromatic nitrogens is 1. The SMILES string of the molecule is COC(=O)c1ccnc(-c2ccc3c(c2)C(=O)CC2(CCNCC2)O3)c1. The summed E-state index contributed by atoms with van der Waals surface area (Å²) in [6.07, 6.45) is 3.63. The average molecular weight is 352 g/mol. The Labute approximate surface area is 151 Å². The number of hydrogen-bond donors (Lipinski definition) is 1. The average Bonchev–Trinajstić information content (AvgIpc) is 2.68. The standard InChI is InChI=1S/C20H20N2O4/c1-25-19(24)14-4-7-22-16(11-14)13-2-3-18-15(10-13)17(23)12-20(26-18)5-8-21-9-6-20/h2-4,7,10-11,21H,5-6,8-9,12H2,1H3. The lowest BCUT2D eigenvalue weighted by atomic mass is 9.82. The van der Waals surface area contributed by atoms with Gasteiger partial charge >= 0.3 is 5.97 Å². The molecular formula is C20H20N2O4. The Kier molecular flexibility index (Phi) is 4.20. The maximum Gasteiger partial charge on any atom is 0.337 e. The number of Topliss-reactive ketones (excluding diaryl/α,β-unsaturated/α-hetero) is 1. The largest absolute Gasteiger partial charge is 0.486 e. The number of ketones is 1. The van der Waals surface area contributed by atoms with Crippen molar-refractivity contribution >= 4 is 11.8 Å². The van der Waals surface area contributed by atoms with Crippen molar-refractivity contribution in [1.82, 2.24) is 10.3 Å². The molecule has 26 heavy (non-hydrogen) atoms. The minimum Gasteiger partial charge on any atom is -0.486 e. The van der Waals surface area contributed by atoms with Gasteiger partial charge in [-0.1, -0.05) is 0 Å². The first-order valence-corrected chi connectivity index (χ1v) is 8.72. The molecule has 2 aliphatic rings. The molecule has 1 saturated heterocycles. The number of rotatable bonds is 2. The number of ether oxygens (including phenoxy) is 2. The number of carbonyl (C=O) groups is 2. The van der Waals surface area contributed by atoms with Crippen molar-refractivity contribution in [2.45, 2.75) is 24.9 Å². The molecule has 0 atom stereocenters. The lowest BCUT2D eigenvalue weighted by Gasteiger charge is -2.40. The maximum absolute atomic E-state index is 12.8. The van der Waals surface area contributed by atoms with E-state index in [1.165, 1.54) is 7.11 Å². The Bertz CT molecular complexity index is 872. The van der Waals surface area contributed by atoms with Crippen LogP contribution in [-0.4, -0.2) is 42.5 Å². The fourth-order valence-corrected chi connectivity index (χ4v) is 3.65. The predicted octanol–water partition coefficient (Wildman–Crippen LogP) is 2.62. The summed E-state index contributed by atoms with van der Waals surface area (Å²) in [5.41, 5.74) is 2.02. The molecule has 3 heterocycles. The molecule has 1 aromatic heterocycles. The Hall–Kier alpha value is -2.73. The third-order valence-corrected chi connectivity index (χ3v) is 5.08. The highest BCUT2D eigenvalue weighted by molar-refractivity contribution is 6.01. The molecule has 0 radical (unpaired) electrons. The first kappa shape index (κ1) is 16.7. The Morgan fingerprint density at radius 1 is 1.23 bits per heavy atom. The van der Waals surface area contributed by atoms with E-state index in [2.05, 4.69) is 10.3 Å². The molecule has 6 heteroatoms. The number of hydrogen-bond acceptors (Lipinski definition) is 6. The van der Waals surface area contributed by atoms with Gasteiger partial charge in [-0.05, 0) is 43.4 Å². The molecule has 2 aromatic rings. The molecule has 1 spiro atoms. The van der Waals surface area contributed by atoms with Gasteiger partial charge in [-0.2, -0.15) is 0 Å². The summed E-state index contributed by atoms with van der Waals surface area (Å²) in [6, 6.07) is 8.77. The summed E-state index contributed by atoms with van der Waals surface area (Å²) in [5, 5.41) is 3.31. The van der Waals surface area contributed by atoms with Crippen molar-refractivity contribution in [3.8, 4) is 17.0 Å². The number of esters is 1. The van der Waals surface area contributed by atoms with Crippen LogP contribution >= 0.6 is 0 Å². The third kappa shape index (κ3) is 2.97. The minimum atomic E-state index is -0.418. The van der Waals surface area contributed by atoms with Crippen molar-refractivity contribution in [1.29, 1.82) is 0 Å². The van der Waals surface area contributed by atoms with Crippen LogP contribution in [0.1, 0.15) is 40.0 Å². The summed E-state index contributed by atoms with van der Waals surface area (Å²) >= 11 is 0. The fraction of sp³-hybridized carbons (Fsp3) is 0.350. The zero-order valence-corrected chi connectivity index (χ0v) is 14.6. The van der Waals surface area contributed by atoms with Gasteiger partial charge in [-0.15, -0.1) is 0 Å². The molecule has 0 unspecified atom stereocenters. The van der Waals surface area contributed by atoms with Crippen LogP contribution in [0.15, 0.2) is 36.5 Å². The second-order valence-corrected chi connectivity index (χ2v) is 6.77. The van der Waals surface area contributed by atoms with Crippen LogP contribution in [0.3, 0.4) is 0 Å². The van der Waals surface area contributed by atoms with Crippen molar-refractivity contribution in [3.63, 3.8) is 0 Å². The lowest BCUT2D eigenvalue weighted by Crippen LogP contribution is -2.49. The summed E-state index contributed by atoms with van der Waals surface area (Å²) in [7, 11) is 1.34. The molecule has 4 rings (SSSR count). The van der Waals surface area contributed by atoms with E-state index in [4.69, 9.17) is 9.47 Å². The van der Waals surface area contributed by atoms with E-state index in [9.17, 15) is 9.59 Å². The number of fused-ring (bicyclic) bond motifs is 1. The number of carbonyl (C=O) groups excluding carboxylic acids is 2.